The van der Waals surface area contributed by atoms with E-state index in [1.54, 1.807) is 19.3 Å². The second-order valence-electron chi connectivity index (χ2n) is 8.34. The molecule has 34 heavy (non-hydrogen) atoms. The Balaban J connectivity index is 1.53. The van der Waals surface area contributed by atoms with Gasteiger partial charge in [-0.3, -0.25) is 9.78 Å². The van der Waals surface area contributed by atoms with E-state index in [1.807, 2.05) is 73.8 Å². The first-order chi connectivity index (χ1) is 16.4. The molecule has 7 heteroatoms. The van der Waals surface area contributed by atoms with Gasteiger partial charge in [-0.15, -0.1) is 11.3 Å². The quantitative estimate of drug-likeness (QED) is 0.324. The Bertz CT molecular complexity index is 1260. The lowest BCUT2D eigenvalue weighted by atomic mass is 9.99. The molecule has 4 rings (SSSR count). The molecule has 0 aliphatic heterocycles. The number of rotatable bonds is 8. The largest absolute Gasteiger partial charge is 0.391 e. The van der Waals surface area contributed by atoms with Gasteiger partial charge in [0.2, 0.25) is 0 Å². The van der Waals surface area contributed by atoms with Gasteiger partial charge in [-0.2, -0.15) is 0 Å². The lowest BCUT2D eigenvalue weighted by Crippen LogP contribution is -2.43. The minimum Gasteiger partial charge on any atom is -0.391 e. The molecule has 0 saturated heterocycles. The Hall–Kier alpha value is -3.55. The molecule has 1 amide bonds. The molecule has 2 atom stereocenters. The first-order valence-corrected chi connectivity index (χ1v) is 12.1. The highest BCUT2D eigenvalue weighted by Gasteiger charge is 2.21. The van der Waals surface area contributed by atoms with E-state index in [4.69, 9.17) is 0 Å². The fourth-order valence-corrected chi connectivity index (χ4v) is 4.55. The van der Waals surface area contributed by atoms with E-state index in [-0.39, 0.29) is 5.91 Å². The summed E-state index contributed by atoms with van der Waals surface area (Å²) < 4.78 is 0. The van der Waals surface area contributed by atoms with Crippen molar-refractivity contribution in [3.8, 4) is 11.3 Å². The smallest absolute Gasteiger partial charge is 0.251 e. The van der Waals surface area contributed by atoms with E-state index in [1.165, 1.54) is 11.3 Å². The third kappa shape index (κ3) is 5.50. The summed E-state index contributed by atoms with van der Waals surface area (Å²) in [5.74, 6) is -0.211. The highest BCUT2D eigenvalue weighted by molar-refractivity contribution is 7.14. The maximum absolute atomic E-state index is 13.2. The zero-order valence-corrected chi connectivity index (χ0v) is 20.3. The van der Waals surface area contributed by atoms with Crippen LogP contribution in [0.1, 0.15) is 34.0 Å². The van der Waals surface area contributed by atoms with Gasteiger partial charge in [-0.1, -0.05) is 36.4 Å². The highest BCUT2D eigenvalue weighted by Crippen LogP contribution is 2.31. The van der Waals surface area contributed by atoms with Crippen molar-refractivity contribution < 1.29 is 9.90 Å². The number of aliphatic hydroxyl groups is 1. The van der Waals surface area contributed by atoms with Crippen molar-refractivity contribution in [1.82, 2.24) is 15.3 Å². The number of benzene rings is 2. The molecule has 0 bridgehead atoms. The Kier molecular flexibility index (Phi) is 7.35. The fourth-order valence-electron chi connectivity index (χ4n) is 3.83. The minimum atomic E-state index is -0.686. The summed E-state index contributed by atoms with van der Waals surface area (Å²) >= 11 is 1.50. The summed E-state index contributed by atoms with van der Waals surface area (Å²) in [6.07, 6.45) is 3.39. The molecule has 2 aromatic heterocycles. The molecule has 0 radical (unpaired) electrons. The zero-order valence-electron chi connectivity index (χ0n) is 19.4. The van der Waals surface area contributed by atoms with Gasteiger partial charge < -0.3 is 15.7 Å². The van der Waals surface area contributed by atoms with Crippen LogP contribution in [0, 0.1) is 13.8 Å². The van der Waals surface area contributed by atoms with E-state index in [0.29, 0.717) is 12.0 Å². The van der Waals surface area contributed by atoms with Crippen LogP contribution in [0.25, 0.3) is 11.3 Å². The van der Waals surface area contributed by atoms with Crippen LogP contribution in [0.5, 0.6) is 0 Å². The van der Waals surface area contributed by atoms with Crippen molar-refractivity contribution in [1.29, 1.82) is 0 Å². The van der Waals surface area contributed by atoms with Crippen molar-refractivity contribution in [2.45, 2.75) is 39.3 Å². The minimum absolute atomic E-state index is 0.211. The molecule has 0 spiro atoms. The van der Waals surface area contributed by atoms with Crippen LogP contribution in [0.2, 0.25) is 0 Å². The first-order valence-electron chi connectivity index (χ1n) is 11.2. The average molecular weight is 473 g/mol. The number of carbonyl (C=O) groups is 1. The summed E-state index contributed by atoms with van der Waals surface area (Å²) in [6.45, 7) is 5.63. The number of aromatic nitrogens is 2. The molecule has 0 unspecified atom stereocenters. The number of carbonyl (C=O) groups excluding carboxylic acids is 1. The highest BCUT2D eigenvalue weighted by atomic mass is 32.1. The number of thiazole rings is 1. The molecule has 0 fully saturated rings. The summed E-state index contributed by atoms with van der Waals surface area (Å²) in [7, 11) is 0. The fraction of sp³-hybridized carbons (Fsp3) is 0.222. The third-order valence-electron chi connectivity index (χ3n) is 5.81. The lowest BCUT2D eigenvalue weighted by molar-refractivity contribution is 0.0858. The number of nitrogens with one attached hydrogen (secondary N) is 2. The molecule has 0 aliphatic carbocycles. The number of hydrogen-bond donors (Lipinski definition) is 3. The molecule has 0 aliphatic rings. The van der Waals surface area contributed by atoms with E-state index >= 15 is 0 Å². The van der Waals surface area contributed by atoms with Gasteiger partial charge in [0.1, 0.15) is 0 Å². The van der Waals surface area contributed by atoms with Gasteiger partial charge in [-0.05, 0) is 62.1 Å². The predicted octanol–water partition coefficient (Wildman–Crippen LogP) is 5.29. The average Bonchev–Trinajstić information content (AvgIpc) is 3.31. The van der Waals surface area contributed by atoms with Crippen LogP contribution in [-0.2, 0) is 6.42 Å². The van der Waals surface area contributed by atoms with Gasteiger partial charge in [0.25, 0.3) is 5.91 Å². The molecule has 4 aromatic rings. The maximum Gasteiger partial charge on any atom is 0.251 e. The number of hydrogen-bond acceptors (Lipinski definition) is 6. The molecule has 0 saturated carbocycles. The van der Waals surface area contributed by atoms with Crippen LogP contribution >= 0.6 is 11.3 Å². The molecule has 2 aromatic carbocycles. The van der Waals surface area contributed by atoms with Gasteiger partial charge >= 0.3 is 0 Å². The Morgan fingerprint density at radius 1 is 1.09 bits per heavy atom. The Morgan fingerprint density at radius 3 is 2.59 bits per heavy atom. The molecular weight excluding hydrogens is 444 g/mol. The lowest BCUT2D eigenvalue weighted by Gasteiger charge is -2.23. The second kappa shape index (κ2) is 10.6. The molecule has 174 valence electrons. The standard InChI is InChI=1S/C27H28N4O2S/c1-17-11-12-22(26(33)29-23(19(3)32)14-20-8-5-4-6-9-20)18(2)25(17)31-27-30-24(16-34-27)21-10-7-13-28-15-21/h4-13,15-16,19,23,32H,14H2,1-3H3,(H,29,33)(H,30,31)/t19-,23+/m1/s1. The Labute approximate surface area is 203 Å². The monoisotopic (exact) mass is 472 g/mol. The van der Waals surface area contributed by atoms with E-state index in [2.05, 4.69) is 20.6 Å². The van der Waals surface area contributed by atoms with Crippen molar-refractivity contribution in [2.24, 2.45) is 0 Å². The third-order valence-corrected chi connectivity index (χ3v) is 6.57. The Morgan fingerprint density at radius 2 is 1.88 bits per heavy atom. The van der Waals surface area contributed by atoms with Crippen LogP contribution in [0.3, 0.4) is 0 Å². The summed E-state index contributed by atoms with van der Waals surface area (Å²) in [6, 6.07) is 17.1. The van der Waals surface area contributed by atoms with Gasteiger partial charge in [0, 0.05) is 34.6 Å². The second-order valence-corrected chi connectivity index (χ2v) is 9.20. The van der Waals surface area contributed by atoms with Gasteiger partial charge in [-0.25, -0.2) is 4.98 Å². The van der Waals surface area contributed by atoms with E-state index in [0.717, 1.165) is 38.8 Å². The first kappa shape index (κ1) is 23.6. The molecule has 6 nitrogen and oxygen atoms in total. The number of aryl methyl sites for hydroxylation is 1. The van der Waals surface area contributed by atoms with E-state index < -0.39 is 12.1 Å². The number of amides is 1. The number of pyridine rings is 1. The molecular formula is C27H28N4O2S. The number of aliphatic hydroxyl groups excluding tert-OH is 1. The van der Waals surface area contributed by atoms with Crippen molar-refractivity contribution in [3.63, 3.8) is 0 Å². The predicted molar refractivity (Wildman–Crippen MR) is 138 cm³/mol. The van der Waals surface area contributed by atoms with Crippen LogP contribution in [0.15, 0.2) is 72.4 Å². The normalized spacial score (nSPS) is 12.7. The van der Waals surface area contributed by atoms with Gasteiger partial charge in [0.15, 0.2) is 5.13 Å². The van der Waals surface area contributed by atoms with Crippen molar-refractivity contribution in [2.75, 3.05) is 5.32 Å². The summed E-state index contributed by atoms with van der Waals surface area (Å²) in [5.41, 5.74) is 6.14. The summed E-state index contributed by atoms with van der Waals surface area (Å²) in [4.78, 5) is 22.0. The molecule has 2 heterocycles. The topological polar surface area (TPSA) is 87.1 Å². The summed E-state index contributed by atoms with van der Waals surface area (Å²) in [5, 5.41) is 19.4. The maximum atomic E-state index is 13.2. The van der Waals surface area contributed by atoms with Crippen LogP contribution in [-0.4, -0.2) is 33.1 Å². The van der Waals surface area contributed by atoms with Crippen molar-refractivity contribution >= 4 is 28.1 Å². The SMILES string of the molecule is Cc1ccc(C(=O)N[C@@H](Cc2ccccc2)[C@@H](C)O)c(C)c1Nc1nc(-c2cccnc2)cs1. The van der Waals surface area contributed by atoms with Crippen molar-refractivity contribution in [3.05, 3.63) is 94.6 Å². The zero-order chi connectivity index (χ0) is 24.1. The van der Waals surface area contributed by atoms with Gasteiger partial charge in [0.05, 0.1) is 17.8 Å². The number of nitrogens with zero attached hydrogens (tertiary/aromatic N) is 2. The van der Waals surface area contributed by atoms with Crippen LogP contribution < -0.4 is 10.6 Å². The van der Waals surface area contributed by atoms with E-state index in [9.17, 15) is 9.90 Å². The molecule has 3 N–H and O–H groups in total. The van der Waals surface area contributed by atoms with Crippen LogP contribution in [0.4, 0.5) is 10.8 Å². The number of anilines is 2.